The minimum atomic E-state index is 0.667. The van der Waals surface area contributed by atoms with Crippen molar-refractivity contribution in [2.45, 2.75) is 31.6 Å². The van der Waals surface area contributed by atoms with E-state index in [1.807, 2.05) is 24.8 Å². The number of nitrogens with zero attached hydrogens (tertiary/aromatic N) is 3. The van der Waals surface area contributed by atoms with E-state index in [0.717, 1.165) is 5.52 Å². The first-order valence-electron chi connectivity index (χ1n) is 5.22. The molecule has 0 amide bonds. The monoisotopic (exact) mass is 187 g/mol. The van der Waals surface area contributed by atoms with Crippen molar-refractivity contribution >= 4 is 5.52 Å². The van der Waals surface area contributed by atoms with Crippen molar-refractivity contribution in [2.24, 2.45) is 0 Å². The van der Waals surface area contributed by atoms with Crippen LogP contribution in [-0.4, -0.2) is 14.4 Å². The number of imidazole rings is 1. The highest BCUT2D eigenvalue weighted by Gasteiger charge is 2.20. The summed E-state index contributed by atoms with van der Waals surface area (Å²) in [5, 5.41) is 0. The molecule has 0 spiro atoms. The lowest BCUT2D eigenvalue weighted by molar-refractivity contribution is 0.664. The maximum absolute atomic E-state index is 4.50. The summed E-state index contributed by atoms with van der Waals surface area (Å²) >= 11 is 0. The second-order valence-electron chi connectivity index (χ2n) is 3.97. The Morgan fingerprint density at radius 3 is 2.93 bits per heavy atom. The molecule has 1 fully saturated rings. The summed E-state index contributed by atoms with van der Waals surface area (Å²) in [7, 11) is 0. The fraction of sp³-hybridized carbons (Fsp3) is 0.455. The van der Waals surface area contributed by atoms with Gasteiger partial charge < -0.3 is 4.40 Å². The van der Waals surface area contributed by atoms with Crippen LogP contribution < -0.4 is 0 Å². The van der Waals surface area contributed by atoms with Crippen molar-refractivity contribution in [2.75, 3.05) is 0 Å². The van der Waals surface area contributed by atoms with E-state index in [1.165, 1.54) is 31.5 Å². The fourth-order valence-electron chi connectivity index (χ4n) is 2.36. The highest BCUT2D eigenvalue weighted by atomic mass is 15.0. The van der Waals surface area contributed by atoms with Crippen LogP contribution in [0.2, 0.25) is 0 Å². The van der Waals surface area contributed by atoms with Gasteiger partial charge in [0.15, 0.2) is 0 Å². The number of aromatic nitrogens is 3. The lowest BCUT2D eigenvalue weighted by Crippen LogP contribution is -1.99. The molecule has 0 N–H and O–H groups in total. The van der Waals surface area contributed by atoms with Gasteiger partial charge in [0.1, 0.15) is 5.82 Å². The van der Waals surface area contributed by atoms with Gasteiger partial charge in [-0.25, -0.2) is 4.98 Å². The van der Waals surface area contributed by atoms with Gasteiger partial charge in [0, 0.05) is 18.3 Å². The zero-order chi connectivity index (χ0) is 9.38. The molecule has 0 unspecified atom stereocenters. The van der Waals surface area contributed by atoms with Gasteiger partial charge in [-0.2, -0.15) is 0 Å². The molecule has 14 heavy (non-hydrogen) atoms. The van der Waals surface area contributed by atoms with Crippen molar-refractivity contribution in [1.82, 2.24) is 14.4 Å². The lowest BCUT2D eigenvalue weighted by Gasteiger charge is -2.06. The lowest BCUT2D eigenvalue weighted by atomic mass is 10.1. The first-order chi connectivity index (χ1) is 6.95. The van der Waals surface area contributed by atoms with Crippen LogP contribution in [0, 0.1) is 0 Å². The molecule has 0 aliphatic heterocycles. The largest absolute Gasteiger partial charge is 0.300 e. The third-order valence-electron chi connectivity index (χ3n) is 3.08. The van der Waals surface area contributed by atoms with Crippen LogP contribution in [0.5, 0.6) is 0 Å². The molecule has 2 aromatic heterocycles. The highest BCUT2D eigenvalue weighted by molar-refractivity contribution is 5.43. The van der Waals surface area contributed by atoms with E-state index in [1.54, 1.807) is 0 Å². The maximum Gasteiger partial charge on any atom is 0.116 e. The van der Waals surface area contributed by atoms with E-state index in [2.05, 4.69) is 14.4 Å². The molecule has 1 aliphatic rings. The molecule has 0 atom stereocenters. The Morgan fingerprint density at radius 1 is 1.21 bits per heavy atom. The van der Waals surface area contributed by atoms with Gasteiger partial charge in [-0.1, -0.05) is 12.8 Å². The average molecular weight is 187 g/mol. The van der Waals surface area contributed by atoms with Crippen LogP contribution in [0.4, 0.5) is 0 Å². The van der Waals surface area contributed by atoms with Gasteiger partial charge >= 0.3 is 0 Å². The number of hydrogen-bond donors (Lipinski definition) is 0. The molecular weight excluding hydrogens is 174 g/mol. The Labute approximate surface area is 82.8 Å². The van der Waals surface area contributed by atoms with Crippen molar-refractivity contribution in [3.63, 3.8) is 0 Å². The zero-order valence-electron chi connectivity index (χ0n) is 8.06. The summed E-state index contributed by atoms with van der Waals surface area (Å²) in [4.78, 5) is 8.59. The second kappa shape index (κ2) is 3.08. The van der Waals surface area contributed by atoms with Crippen LogP contribution in [-0.2, 0) is 0 Å². The van der Waals surface area contributed by atoms with Crippen LogP contribution in [0.1, 0.15) is 37.4 Å². The van der Waals surface area contributed by atoms with Crippen molar-refractivity contribution in [3.05, 3.63) is 30.6 Å². The first-order valence-corrected chi connectivity index (χ1v) is 5.22. The normalized spacial score (nSPS) is 18.0. The van der Waals surface area contributed by atoms with Crippen molar-refractivity contribution in [3.8, 4) is 0 Å². The van der Waals surface area contributed by atoms with Crippen molar-refractivity contribution < 1.29 is 0 Å². The molecule has 0 aromatic carbocycles. The fourth-order valence-corrected chi connectivity index (χ4v) is 2.36. The predicted molar refractivity (Wildman–Crippen MR) is 54.2 cm³/mol. The van der Waals surface area contributed by atoms with Gasteiger partial charge in [-0.15, -0.1) is 0 Å². The quantitative estimate of drug-likeness (QED) is 0.686. The molecule has 1 saturated carbocycles. The first kappa shape index (κ1) is 7.97. The third-order valence-corrected chi connectivity index (χ3v) is 3.08. The Hall–Kier alpha value is -1.38. The molecular formula is C11H13N3. The van der Waals surface area contributed by atoms with Crippen LogP contribution in [0.15, 0.2) is 24.8 Å². The molecule has 3 heteroatoms. The van der Waals surface area contributed by atoms with E-state index in [4.69, 9.17) is 0 Å². The summed E-state index contributed by atoms with van der Waals surface area (Å²) in [5.74, 6) is 1.89. The number of hydrogen-bond acceptors (Lipinski definition) is 2. The number of rotatable bonds is 1. The van der Waals surface area contributed by atoms with E-state index in [0.29, 0.717) is 5.92 Å². The molecule has 0 bridgehead atoms. The average Bonchev–Trinajstić information content (AvgIpc) is 2.85. The van der Waals surface area contributed by atoms with Gasteiger partial charge in [0.05, 0.1) is 17.9 Å². The standard InChI is InChI=1S/C11H13N3/c1-2-4-9(3-1)11-13-8-10-7-12-5-6-14(10)11/h5-9H,1-4H2. The summed E-state index contributed by atoms with van der Waals surface area (Å²) in [6, 6.07) is 0. The minimum Gasteiger partial charge on any atom is -0.300 e. The molecule has 2 heterocycles. The van der Waals surface area contributed by atoms with E-state index in [-0.39, 0.29) is 0 Å². The van der Waals surface area contributed by atoms with Gasteiger partial charge in [0.2, 0.25) is 0 Å². The highest BCUT2D eigenvalue weighted by Crippen LogP contribution is 2.33. The zero-order valence-corrected chi connectivity index (χ0v) is 8.06. The van der Waals surface area contributed by atoms with E-state index < -0.39 is 0 Å². The third kappa shape index (κ3) is 1.12. The Morgan fingerprint density at radius 2 is 2.07 bits per heavy atom. The molecule has 3 rings (SSSR count). The Bertz CT molecular complexity index is 440. The van der Waals surface area contributed by atoms with Gasteiger partial charge in [0.25, 0.3) is 0 Å². The number of fused-ring (bicyclic) bond motifs is 1. The van der Waals surface area contributed by atoms with E-state index in [9.17, 15) is 0 Å². The maximum atomic E-state index is 4.50. The smallest absolute Gasteiger partial charge is 0.116 e. The van der Waals surface area contributed by atoms with Crippen LogP contribution in [0.25, 0.3) is 5.52 Å². The Balaban J connectivity index is 2.11. The van der Waals surface area contributed by atoms with E-state index >= 15 is 0 Å². The van der Waals surface area contributed by atoms with Crippen molar-refractivity contribution in [1.29, 1.82) is 0 Å². The van der Waals surface area contributed by atoms with Gasteiger partial charge in [-0.05, 0) is 12.8 Å². The molecule has 2 aromatic rings. The predicted octanol–water partition coefficient (Wildman–Crippen LogP) is 2.39. The summed E-state index contributed by atoms with van der Waals surface area (Å²) in [6.07, 6.45) is 12.9. The summed E-state index contributed by atoms with van der Waals surface area (Å²) < 4.78 is 2.17. The van der Waals surface area contributed by atoms with Crippen LogP contribution >= 0.6 is 0 Å². The topological polar surface area (TPSA) is 30.2 Å². The SMILES string of the molecule is c1cn2c(C3CCCC3)ncc2cn1. The molecule has 1 aliphatic carbocycles. The molecule has 3 nitrogen and oxygen atoms in total. The second-order valence-corrected chi connectivity index (χ2v) is 3.97. The molecule has 72 valence electrons. The minimum absolute atomic E-state index is 0.667. The van der Waals surface area contributed by atoms with Gasteiger partial charge in [-0.3, -0.25) is 4.98 Å². The summed E-state index contributed by atoms with van der Waals surface area (Å²) in [6.45, 7) is 0. The Kier molecular flexibility index (Phi) is 1.76. The van der Waals surface area contributed by atoms with Crippen LogP contribution in [0.3, 0.4) is 0 Å². The molecule has 0 saturated heterocycles. The molecule has 0 radical (unpaired) electrons. The summed E-state index contributed by atoms with van der Waals surface area (Å²) in [5.41, 5.74) is 1.11.